The van der Waals surface area contributed by atoms with Crippen molar-refractivity contribution in [3.05, 3.63) is 69.3 Å². The van der Waals surface area contributed by atoms with Crippen LogP contribution in [0.25, 0.3) is 0 Å². The molecule has 8 nitrogen and oxygen atoms in total. The molecule has 0 spiro atoms. The molecule has 0 unspecified atom stereocenters. The third kappa shape index (κ3) is 6.06. The van der Waals surface area contributed by atoms with E-state index in [4.69, 9.17) is 16.3 Å². The van der Waals surface area contributed by atoms with E-state index in [0.717, 1.165) is 23.5 Å². The number of thiazole rings is 1. The number of benzene rings is 2. The summed E-state index contributed by atoms with van der Waals surface area (Å²) in [6.07, 6.45) is -1.82. The van der Waals surface area contributed by atoms with Gasteiger partial charge in [0.15, 0.2) is 5.82 Å². The standard InChI is InChI=1S/C24H23ClF3N3O5S2/c1-15(19-10-16(24(27)28)2-4-21(19)26)30-8-6-17(7-9-30)36-22-5-3-18(11-20(22)25)38(33,34)31(35-14-32)23-12-37-13-29-23/h2-5,10-15,17,24H,6-9H2,1H3/t15-/m1/s1. The van der Waals surface area contributed by atoms with Gasteiger partial charge in [0, 0.05) is 35.6 Å². The summed E-state index contributed by atoms with van der Waals surface area (Å²) in [4.78, 5) is 21.2. The van der Waals surface area contributed by atoms with E-state index in [-0.39, 0.29) is 45.2 Å². The first-order valence-corrected chi connectivity index (χ1v) is 14.2. The lowest BCUT2D eigenvalue weighted by atomic mass is 9.99. The molecular formula is C24H23ClF3N3O5S2. The highest BCUT2D eigenvalue weighted by atomic mass is 35.5. The molecule has 38 heavy (non-hydrogen) atoms. The molecule has 2 heterocycles. The van der Waals surface area contributed by atoms with Crippen LogP contribution >= 0.6 is 22.9 Å². The van der Waals surface area contributed by atoms with Crippen LogP contribution in [0, 0.1) is 5.82 Å². The van der Waals surface area contributed by atoms with Gasteiger partial charge >= 0.3 is 6.47 Å². The van der Waals surface area contributed by atoms with Crippen molar-refractivity contribution in [1.29, 1.82) is 0 Å². The number of nitrogens with zero attached hydrogens (tertiary/aromatic N) is 3. The van der Waals surface area contributed by atoms with Crippen molar-refractivity contribution in [2.75, 3.05) is 17.6 Å². The minimum absolute atomic E-state index is 0.0207. The lowest BCUT2D eigenvalue weighted by Crippen LogP contribution is -2.39. The number of likely N-dealkylation sites (tertiary alicyclic amines) is 1. The molecule has 1 atom stereocenters. The predicted molar refractivity (Wildman–Crippen MR) is 135 cm³/mol. The first-order chi connectivity index (χ1) is 18.1. The largest absolute Gasteiger partial charge is 0.489 e. The van der Waals surface area contributed by atoms with Crippen molar-refractivity contribution >= 4 is 45.3 Å². The van der Waals surface area contributed by atoms with Gasteiger partial charge in [-0.15, -0.1) is 11.3 Å². The van der Waals surface area contributed by atoms with Gasteiger partial charge in [0.2, 0.25) is 0 Å². The van der Waals surface area contributed by atoms with E-state index in [2.05, 4.69) is 9.82 Å². The molecule has 1 aromatic heterocycles. The molecule has 1 aliphatic rings. The Hall–Kier alpha value is -2.87. The van der Waals surface area contributed by atoms with Gasteiger partial charge < -0.3 is 9.57 Å². The van der Waals surface area contributed by atoms with Gasteiger partial charge in [-0.1, -0.05) is 22.1 Å². The van der Waals surface area contributed by atoms with Gasteiger partial charge in [-0.3, -0.25) is 9.69 Å². The summed E-state index contributed by atoms with van der Waals surface area (Å²) >= 11 is 7.45. The Labute approximate surface area is 226 Å². The quantitative estimate of drug-likeness (QED) is 0.219. The molecule has 14 heteroatoms. The van der Waals surface area contributed by atoms with Gasteiger partial charge in [-0.25, -0.2) is 18.2 Å². The zero-order valence-electron chi connectivity index (χ0n) is 20.0. The van der Waals surface area contributed by atoms with E-state index < -0.39 is 28.3 Å². The number of carbonyl (C=O) groups excluding carboxylic acids is 1. The molecule has 204 valence electrons. The van der Waals surface area contributed by atoms with Crippen LogP contribution in [0.1, 0.15) is 43.4 Å². The molecule has 0 aliphatic carbocycles. The molecule has 0 radical (unpaired) electrons. The van der Waals surface area contributed by atoms with E-state index in [0.29, 0.717) is 30.4 Å². The second kappa shape index (κ2) is 11.9. The number of sulfonamides is 1. The topological polar surface area (TPSA) is 89.0 Å². The van der Waals surface area contributed by atoms with E-state index in [9.17, 15) is 26.4 Å². The lowest BCUT2D eigenvalue weighted by Gasteiger charge is -2.36. The Morgan fingerprint density at radius 1 is 1.21 bits per heavy atom. The van der Waals surface area contributed by atoms with E-state index in [1.165, 1.54) is 35.2 Å². The van der Waals surface area contributed by atoms with Crippen LogP contribution in [0.15, 0.2) is 52.2 Å². The minimum atomic E-state index is -4.31. The van der Waals surface area contributed by atoms with Crippen LogP contribution in [0.5, 0.6) is 5.75 Å². The van der Waals surface area contributed by atoms with Crippen molar-refractivity contribution in [2.24, 2.45) is 0 Å². The van der Waals surface area contributed by atoms with Gasteiger partial charge in [0.1, 0.15) is 17.7 Å². The number of ether oxygens (including phenoxy) is 1. The van der Waals surface area contributed by atoms with Crippen LogP contribution in [-0.4, -0.2) is 44.0 Å². The number of carbonyl (C=O) groups is 1. The molecule has 1 saturated heterocycles. The fraction of sp³-hybridized carbons (Fsp3) is 0.333. The second-order valence-electron chi connectivity index (χ2n) is 8.48. The third-order valence-electron chi connectivity index (χ3n) is 6.20. The van der Waals surface area contributed by atoms with Crippen molar-refractivity contribution in [3.8, 4) is 5.75 Å². The fourth-order valence-corrected chi connectivity index (χ4v) is 6.24. The van der Waals surface area contributed by atoms with E-state index >= 15 is 0 Å². The number of anilines is 1. The summed E-state index contributed by atoms with van der Waals surface area (Å²) in [5.74, 6) is -0.348. The molecular weight excluding hydrogens is 567 g/mol. The Bertz CT molecular complexity index is 1370. The average molecular weight is 590 g/mol. The number of aromatic nitrogens is 1. The first-order valence-electron chi connectivity index (χ1n) is 11.4. The second-order valence-corrected chi connectivity index (χ2v) is 11.4. The first kappa shape index (κ1) is 28.1. The summed E-state index contributed by atoms with van der Waals surface area (Å²) in [5, 5.41) is 1.44. The summed E-state index contributed by atoms with van der Waals surface area (Å²) in [5.41, 5.74) is 1.38. The van der Waals surface area contributed by atoms with Gasteiger partial charge in [0.05, 0.1) is 15.4 Å². The SMILES string of the molecule is C[C@H](c1cc(C(F)F)ccc1F)N1CCC(Oc2ccc(S(=O)(=O)N(OC=O)c3cscn3)cc2Cl)CC1. The van der Waals surface area contributed by atoms with E-state index in [1.54, 1.807) is 6.92 Å². The van der Waals surface area contributed by atoms with Crippen molar-refractivity contribution < 1.29 is 36.0 Å². The smallest absolute Gasteiger partial charge is 0.322 e. The molecule has 1 aliphatic heterocycles. The van der Waals surface area contributed by atoms with Crippen molar-refractivity contribution in [1.82, 2.24) is 9.88 Å². The maximum Gasteiger partial charge on any atom is 0.322 e. The number of halogens is 4. The maximum atomic E-state index is 14.4. The minimum Gasteiger partial charge on any atom is -0.489 e. The average Bonchev–Trinajstić information content (AvgIpc) is 3.43. The Kier molecular flexibility index (Phi) is 8.81. The Morgan fingerprint density at radius 2 is 1.95 bits per heavy atom. The molecule has 0 bridgehead atoms. The normalized spacial score (nSPS) is 15.8. The lowest BCUT2D eigenvalue weighted by molar-refractivity contribution is -0.128. The van der Waals surface area contributed by atoms with Gasteiger partial charge in [-0.05, 0) is 50.1 Å². The third-order valence-corrected chi connectivity index (χ3v) is 8.63. The van der Waals surface area contributed by atoms with E-state index in [1.807, 2.05) is 4.90 Å². The van der Waals surface area contributed by atoms with Crippen LogP contribution in [-0.2, 0) is 19.7 Å². The predicted octanol–water partition coefficient (Wildman–Crippen LogP) is 5.76. The Balaban J connectivity index is 1.41. The number of alkyl halides is 2. The van der Waals surface area contributed by atoms with Crippen LogP contribution in [0.3, 0.4) is 0 Å². The van der Waals surface area contributed by atoms with Crippen LogP contribution in [0.2, 0.25) is 5.02 Å². The molecule has 3 aromatic rings. The highest BCUT2D eigenvalue weighted by molar-refractivity contribution is 7.92. The van der Waals surface area contributed by atoms with Gasteiger partial charge in [-0.2, -0.15) is 8.42 Å². The highest BCUT2D eigenvalue weighted by Gasteiger charge is 2.31. The van der Waals surface area contributed by atoms with Crippen molar-refractivity contribution in [3.63, 3.8) is 0 Å². The Morgan fingerprint density at radius 3 is 2.55 bits per heavy atom. The number of hydrogen-bond donors (Lipinski definition) is 0. The summed E-state index contributed by atoms with van der Waals surface area (Å²) < 4.78 is 72.9. The molecule has 1 fully saturated rings. The van der Waals surface area contributed by atoms with Crippen LogP contribution < -0.4 is 9.21 Å². The van der Waals surface area contributed by atoms with Gasteiger partial charge in [0.25, 0.3) is 16.4 Å². The maximum absolute atomic E-state index is 14.4. The number of piperidine rings is 1. The molecule has 0 amide bonds. The van der Waals surface area contributed by atoms with Crippen LogP contribution in [0.4, 0.5) is 19.0 Å². The highest BCUT2D eigenvalue weighted by Crippen LogP contribution is 2.34. The molecule has 0 saturated carbocycles. The molecule has 4 rings (SSSR count). The molecule has 2 aromatic carbocycles. The zero-order chi connectivity index (χ0) is 27.4. The number of rotatable bonds is 10. The summed E-state index contributed by atoms with van der Waals surface area (Å²) in [6.45, 7) is 2.81. The molecule has 0 N–H and O–H groups in total. The zero-order valence-corrected chi connectivity index (χ0v) is 22.4. The fourth-order valence-electron chi connectivity index (χ4n) is 4.18. The monoisotopic (exact) mass is 589 g/mol. The number of hydrogen-bond acceptors (Lipinski definition) is 8. The summed E-state index contributed by atoms with van der Waals surface area (Å²) in [7, 11) is -4.31. The van der Waals surface area contributed by atoms with Crippen molar-refractivity contribution in [2.45, 2.75) is 43.2 Å². The summed E-state index contributed by atoms with van der Waals surface area (Å²) in [6, 6.07) is 6.83.